The van der Waals surface area contributed by atoms with Crippen LogP contribution in [0, 0.1) is 11.8 Å². The number of carbonyl (C=O) groups is 2. The fourth-order valence-electron chi connectivity index (χ4n) is 2.93. The van der Waals surface area contributed by atoms with Gasteiger partial charge in [-0.05, 0) is 30.9 Å². The summed E-state index contributed by atoms with van der Waals surface area (Å²) in [6, 6.07) is 3.10. The van der Waals surface area contributed by atoms with Crippen molar-refractivity contribution in [3.63, 3.8) is 0 Å². The number of nitrogens with two attached hydrogens (primary N) is 1. The SMILES string of the molecule is CCC(C)C(NC(=O)C1CCN(c2ccc(Cl)cn2)CC1)C(N)=O. The summed E-state index contributed by atoms with van der Waals surface area (Å²) >= 11 is 5.86. The van der Waals surface area contributed by atoms with Crippen LogP contribution in [0.5, 0.6) is 0 Å². The molecule has 1 aromatic heterocycles. The summed E-state index contributed by atoms with van der Waals surface area (Å²) in [4.78, 5) is 30.5. The highest BCUT2D eigenvalue weighted by atomic mass is 35.5. The molecule has 2 amide bonds. The van der Waals surface area contributed by atoms with Crippen LogP contribution < -0.4 is 16.0 Å². The second-order valence-electron chi connectivity index (χ2n) is 6.37. The number of primary amides is 1. The van der Waals surface area contributed by atoms with Crippen molar-refractivity contribution in [2.24, 2.45) is 17.6 Å². The summed E-state index contributed by atoms with van der Waals surface area (Å²) < 4.78 is 0. The number of nitrogens with zero attached hydrogens (tertiary/aromatic N) is 2. The Balaban J connectivity index is 1.90. The number of rotatable bonds is 6. The van der Waals surface area contributed by atoms with Crippen molar-refractivity contribution in [2.45, 2.75) is 39.2 Å². The summed E-state index contributed by atoms with van der Waals surface area (Å²) in [5, 5.41) is 3.44. The van der Waals surface area contributed by atoms with Gasteiger partial charge in [0, 0.05) is 25.2 Å². The van der Waals surface area contributed by atoms with E-state index < -0.39 is 11.9 Å². The molecule has 1 fully saturated rings. The maximum absolute atomic E-state index is 12.5. The van der Waals surface area contributed by atoms with Crippen molar-refractivity contribution in [2.75, 3.05) is 18.0 Å². The number of nitrogens with one attached hydrogen (secondary N) is 1. The van der Waals surface area contributed by atoms with Gasteiger partial charge < -0.3 is 16.0 Å². The molecule has 3 N–H and O–H groups in total. The number of halogens is 1. The van der Waals surface area contributed by atoms with Crippen LogP contribution in [0.25, 0.3) is 0 Å². The highest BCUT2D eigenvalue weighted by molar-refractivity contribution is 6.30. The number of amides is 2. The molecule has 0 saturated carbocycles. The van der Waals surface area contributed by atoms with Crippen molar-refractivity contribution < 1.29 is 9.59 Å². The maximum atomic E-state index is 12.5. The Labute approximate surface area is 147 Å². The van der Waals surface area contributed by atoms with Crippen molar-refractivity contribution >= 4 is 29.2 Å². The Morgan fingerprint density at radius 2 is 2.08 bits per heavy atom. The Bertz CT molecular complexity index is 570. The molecule has 7 heteroatoms. The third-order valence-electron chi connectivity index (χ3n) is 4.72. The second-order valence-corrected chi connectivity index (χ2v) is 6.81. The van der Waals surface area contributed by atoms with Crippen LogP contribution in [-0.2, 0) is 9.59 Å². The van der Waals surface area contributed by atoms with Gasteiger partial charge >= 0.3 is 0 Å². The summed E-state index contributed by atoms with van der Waals surface area (Å²) in [6.45, 7) is 5.39. The summed E-state index contributed by atoms with van der Waals surface area (Å²) in [5.41, 5.74) is 5.42. The first-order valence-electron chi connectivity index (χ1n) is 8.38. The van der Waals surface area contributed by atoms with E-state index in [0.717, 1.165) is 38.2 Å². The molecule has 0 aromatic carbocycles. The molecule has 2 heterocycles. The zero-order valence-electron chi connectivity index (χ0n) is 14.2. The number of hydrogen-bond acceptors (Lipinski definition) is 4. The third-order valence-corrected chi connectivity index (χ3v) is 4.94. The monoisotopic (exact) mass is 352 g/mol. The summed E-state index contributed by atoms with van der Waals surface area (Å²) in [7, 11) is 0. The molecule has 2 unspecified atom stereocenters. The van der Waals surface area contributed by atoms with E-state index in [-0.39, 0.29) is 17.7 Å². The molecule has 0 aliphatic carbocycles. The molecule has 2 rings (SSSR count). The minimum Gasteiger partial charge on any atom is -0.368 e. The molecule has 6 nitrogen and oxygen atoms in total. The van der Waals surface area contributed by atoms with Crippen molar-refractivity contribution in [3.8, 4) is 0 Å². The van der Waals surface area contributed by atoms with Gasteiger partial charge in [0.15, 0.2) is 0 Å². The number of aromatic nitrogens is 1. The minimum atomic E-state index is -0.599. The Hall–Kier alpha value is -1.82. The average Bonchev–Trinajstić information content (AvgIpc) is 2.59. The second kappa shape index (κ2) is 8.33. The molecule has 0 radical (unpaired) electrons. The van der Waals surface area contributed by atoms with Crippen LogP contribution in [0.4, 0.5) is 5.82 Å². The van der Waals surface area contributed by atoms with E-state index in [4.69, 9.17) is 17.3 Å². The molecule has 0 bridgehead atoms. The number of anilines is 1. The molecule has 1 aromatic rings. The first-order chi connectivity index (χ1) is 11.4. The summed E-state index contributed by atoms with van der Waals surface area (Å²) in [6.07, 6.45) is 3.86. The molecular weight excluding hydrogens is 328 g/mol. The largest absolute Gasteiger partial charge is 0.368 e. The highest BCUT2D eigenvalue weighted by Crippen LogP contribution is 2.23. The molecule has 24 heavy (non-hydrogen) atoms. The van der Waals surface area contributed by atoms with Gasteiger partial charge in [-0.15, -0.1) is 0 Å². The standard InChI is InChI=1S/C17H25ClN4O2/c1-3-11(2)15(16(19)23)21-17(24)12-6-8-22(9-7-12)14-5-4-13(18)10-20-14/h4-5,10-12,15H,3,6-9H2,1-2H3,(H2,19,23)(H,21,24). The van der Waals surface area contributed by atoms with Crippen molar-refractivity contribution in [1.29, 1.82) is 0 Å². The smallest absolute Gasteiger partial charge is 0.240 e. The van der Waals surface area contributed by atoms with E-state index >= 15 is 0 Å². The van der Waals surface area contributed by atoms with Crippen LogP contribution in [0.2, 0.25) is 5.02 Å². The lowest BCUT2D eigenvalue weighted by Gasteiger charge is -2.33. The minimum absolute atomic E-state index is 0.0322. The summed E-state index contributed by atoms with van der Waals surface area (Å²) in [5.74, 6) is 0.250. The van der Waals surface area contributed by atoms with Gasteiger partial charge in [0.2, 0.25) is 11.8 Å². The number of piperidine rings is 1. The Morgan fingerprint density at radius 1 is 1.42 bits per heavy atom. The van der Waals surface area contributed by atoms with Gasteiger partial charge in [0.25, 0.3) is 0 Å². The lowest BCUT2D eigenvalue weighted by atomic mass is 9.93. The van der Waals surface area contributed by atoms with Crippen molar-refractivity contribution in [3.05, 3.63) is 23.4 Å². The number of pyridine rings is 1. The van der Waals surface area contributed by atoms with E-state index in [2.05, 4.69) is 15.2 Å². The molecular formula is C17H25ClN4O2. The van der Waals surface area contributed by atoms with Gasteiger partial charge in [-0.1, -0.05) is 31.9 Å². The lowest BCUT2D eigenvalue weighted by molar-refractivity contribution is -0.131. The zero-order chi connectivity index (χ0) is 17.7. The van der Waals surface area contributed by atoms with E-state index in [1.165, 1.54) is 0 Å². The van der Waals surface area contributed by atoms with Gasteiger partial charge in [-0.2, -0.15) is 0 Å². The first-order valence-corrected chi connectivity index (χ1v) is 8.76. The fourth-order valence-corrected chi connectivity index (χ4v) is 3.04. The van der Waals surface area contributed by atoms with Gasteiger partial charge in [-0.3, -0.25) is 9.59 Å². The third kappa shape index (κ3) is 4.60. The van der Waals surface area contributed by atoms with Crippen LogP contribution in [0.3, 0.4) is 0 Å². The van der Waals surface area contributed by atoms with Crippen LogP contribution >= 0.6 is 11.6 Å². The molecule has 1 aliphatic rings. The molecule has 132 valence electrons. The average molecular weight is 353 g/mol. The molecule has 1 saturated heterocycles. The Kier molecular flexibility index (Phi) is 6.43. The Morgan fingerprint density at radius 3 is 2.58 bits per heavy atom. The molecule has 0 spiro atoms. The topological polar surface area (TPSA) is 88.3 Å². The van der Waals surface area contributed by atoms with Gasteiger partial charge in [0.1, 0.15) is 11.9 Å². The lowest BCUT2D eigenvalue weighted by Crippen LogP contribution is -2.51. The molecule has 1 aliphatic heterocycles. The van der Waals surface area contributed by atoms with E-state index in [1.807, 2.05) is 26.0 Å². The highest BCUT2D eigenvalue weighted by Gasteiger charge is 2.30. The van der Waals surface area contributed by atoms with Gasteiger partial charge in [0.05, 0.1) is 5.02 Å². The van der Waals surface area contributed by atoms with Crippen LogP contribution in [-0.4, -0.2) is 35.9 Å². The van der Waals surface area contributed by atoms with E-state index in [1.54, 1.807) is 6.20 Å². The van der Waals surface area contributed by atoms with Gasteiger partial charge in [-0.25, -0.2) is 4.98 Å². The van der Waals surface area contributed by atoms with E-state index in [9.17, 15) is 9.59 Å². The predicted molar refractivity (Wildman–Crippen MR) is 94.8 cm³/mol. The molecule has 2 atom stereocenters. The normalized spacial score (nSPS) is 18.0. The predicted octanol–water partition coefficient (Wildman–Crippen LogP) is 1.97. The number of hydrogen-bond donors (Lipinski definition) is 2. The number of carbonyl (C=O) groups excluding carboxylic acids is 2. The quantitative estimate of drug-likeness (QED) is 0.819. The fraction of sp³-hybridized carbons (Fsp3) is 0.588. The van der Waals surface area contributed by atoms with Crippen molar-refractivity contribution in [1.82, 2.24) is 10.3 Å². The first kappa shape index (κ1) is 18.5. The maximum Gasteiger partial charge on any atom is 0.240 e. The van der Waals surface area contributed by atoms with Crippen LogP contribution in [0.15, 0.2) is 18.3 Å². The van der Waals surface area contributed by atoms with E-state index in [0.29, 0.717) is 5.02 Å². The zero-order valence-corrected chi connectivity index (χ0v) is 14.9. The van der Waals surface area contributed by atoms with Crippen LogP contribution in [0.1, 0.15) is 33.1 Å².